The van der Waals surface area contributed by atoms with E-state index in [0.29, 0.717) is 36.7 Å². The van der Waals surface area contributed by atoms with E-state index in [-0.39, 0.29) is 25.0 Å². The summed E-state index contributed by atoms with van der Waals surface area (Å²) in [6, 6.07) is 3.61. The quantitative estimate of drug-likeness (QED) is 0.814. The van der Waals surface area contributed by atoms with Crippen LogP contribution in [-0.2, 0) is 14.8 Å². The molecule has 2 heterocycles. The number of carboxylic acid groups (broad SMARTS) is 1. The number of nitrogens with zero attached hydrogens (tertiary/aromatic N) is 2. The van der Waals surface area contributed by atoms with E-state index in [0.717, 1.165) is 4.88 Å². The molecule has 1 aromatic rings. The van der Waals surface area contributed by atoms with Crippen LogP contribution in [0.25, 0.3) is 0 Å². The zero-order chi connectivity index (χ0) is 16.3. The van der Waals surface area contributed by atoms with E-state index in [1.54, 1.807) is 6.07 Å². The van der Waals surface area contributed by atoms with E-state index < -0.39 is 16.0 Å². The van der Waals surface area contributed by atoms with Gasteiger partial charge in [-0.25, -0.2) is 8.42 Å². The molecule has 0 aliphatic carbocycles. The Morgan fingerprint density at radius 3 is 2.43 bits per heavy atom. The van der Waals surface area contributed by atoms with Gasteiger partial charge < -0.3 is 5.11 Å². The lowest BCUT2D eigenvalue weighted by Gasteiger charge is -2.36. The van der Waals surface area contributed by atoms with Gasteiger partial charge in [-0.05, 0) is 38.4 Å². The average molecular weight is 383 g/mol. The zero-order valence-corrected chi connectivity index (χ0v) is 15.7. The van der Waals surface area contributed by atoms with Crippen molar-refractivity contribution in [1.82, 2.24) is 9.21 Å². The first-order chi connectivity index (χ1) is 10.3. The van der Waals surface area contributed by atoms with Gasteiger partial charge in [0.25, 0.3) is 10.0 Å². The van der Waals surface area contributed by atoms with Gasteiger partial charge in [0.2, 0.25) is 0 Å². The van der Waals surface area contributed by atoms with Crippen molar-refractivity contribution in [2.45, 2.75) is 36.9 Å². The molecule has 9 heteroatoms. The van der Waals surface area contributed by atoms with E-state index in [1.807, 2.05) is 24.8 Å². The second kappa shape index (κ2) is 8.43. The molecule has 6 nitrogen and oxygen atoms in total. The first kappa shape index (κ1) is 20.4. The molecule has 2 rings (SSSR count). The number of hydrogen-bond acceptors (Lipinski definition) is 5. The third kappa shape index (κ3) is 4.90. The lowest BCUT2D eigenvalue weighted by Crippen LogP contribution is -2.47. The van der Waals surface area contributed by atoms with Crippen LogP contribution in [0.15, 0.2) is 16.3 Å². The van der Waals surface area contributed by atoms with Gasteiger partial charge in [-0.3, -0.25) is 9.69 Å². The molecule has 132 valence electrons. The molecule has 0 radical (unpaired) electrons. The molecule has 1 aromatic heterocycles. The van der Waals surface area contributed by atoms with Gasteiger partial charge in [0.05, 0.1) is 6.54 Å². The van der Waals surface area contributed by atoms with Gasteiger partial charge in [-0.1, -0.05) is 6.92 Å². The van der Waals surface area contributed by atoms with Gasteiger partial charge >= 0.3 is 5.97 Å². The van der Waals surface area contributed by atoms with Crippen LogP contribution < -0.4 is 0 Å². The van der Waals surface area contributed by atoms with E-state index in [2.05, 4.69) is 0 Å². The number of halogens is 1. The second-order valence-electron chi connectivity index (χ2n) is 5.46. The monoisotopic (exact) mass is 382 g/mol. The number of carboxylic acids is 1. The number of aliphatic carboxylic acids is 1. The van der Waals surface area contributed by atoms with Crippen LogP contribution in [0.4, 0.5) is 0 Å². The summed E-state index contributed by atoms with van der Waals surface area (Å²) in [6.45, 7) is 5.38. The standard InChI is InChI=1S/C14H22N2O4S2.ClH/c1-3-15(10-13(17)18)12-6-8-16(9-7-12)22(19,20)14-5-4-11(2)21-14;/h4-5,12H,3,6-10H2,1-2H3,(H,17,18);1H. The molecule has 1 aliphatic heterocycles. The third-order valence-electron chi connectivity index (χ3n) is 3.99. The Kier molecular flexibility index (Phi) is 7.47. The van der Waals surface area contributed by atoms with Crippen molar-refractivity contribution in [2.75, 3.05) is 26.2 Å². The highest BCUT2D eigenvalue weighted by Gasteiger charge is 2.32. The molecule has 1 N–H and O–H groups in total. The number of likely N-dealkylation sites (N-methyl/N-ethyl adjacent to an activating group) is 1. The van der Waals surface area contributed by atoms with E-state index in [4.69, 9.17) is 5.11 Å². The van der Waals surface area contributed by atoms with Crippen LogP contribution >= 0.6 is 23.7 Å². The fourth-order valence-corrected chi connectivity index (χ4v) is 5.71. The highest BCUT2D eigenvalue weighted by atomic mass is 35.5. The Balaban J connectivity index is 0.00000264. The SMILES string of the molecule is CCN(CC(=O)O)C1CCN(S(=O)(=O)c2ccc(C)s2)CC1.Cl. The molecule has 1 aliphatic rings. The first-order valence-electron chi connectivity index (χ1n) is 7.37. The number of aryl methyl sites for hydroxylation is 1. The lowest BCUT2D eigenvalue weighted by atomic mass is 10.0. The van der Waals surface area contributed by atoms with Crippen molar-refractivity contribution in [3.8, 4) is 0 Å². The normalized spacial score (nSPS) is 17.2. The summed E-state index contributed by atoms with van der Waals surface area (Å²) in [5.74, 6) is -0.842. The topological polar surface area (TPSA) is 77.9 Å². The van der Waals surface area contributed by atoms with Crippen LogP contribution in [0, 0.1) is 6.92 Å². The predicted molar refractivity (Wildman–Crippen MR) is 93.0 cm³/mol. The van der Waals surface area contributed by atoms with Crippen LogP contribution in [-0.4, -0.2) is 60.9 Å². The Bertz CT molecular complexity index is 624. The average Bonchev–Trinajstić information content (AvgIpc) is 2.92. The van der Waals surface area contributed by atoms with E-state index in [9.17, 15) is 13.2 Å². The van der Waals surface area contributed by atoms with Crippen LogP contribution in [0.5, 0.6) is 0 Å². The van der Waals surface area contributed by atoms with Crippen molar-refractivity contribution < 1.29 is 18.3 Å². The largest absolute Gasteiger partial charge is 0.480 e. The maximum atomic E-state index is 12.6. The predicted octanol–water partition coefficient (Wildman–Crippen LogP) is 2.04. The molecule has 0 saturated carbocycles. The number of sulfonamides is 1. The maximum absolute atomic E-state index is 12.6. The van der Waals surface area contributed by atoms with E-state index >= 15 is 0 Å². The molecular weight excluding hydrogens is 360 g/mol. The lowest BCUT2D eigenvalue weighted by molar-refractivity contribution is -0.139. The van der Waals surface area contributed by atoms with Gasteiger partial charge in [0.1, 0.15) is 4.21 Å². The minimum atomic E-state index is -3.40. The summed E-state index contributed by atoms with van der Waals surface area (Å²) in [5.41, 5.74) is 0. The summed E-state index contributed by atoms with van der Waals surface area (Å²) < 4.78 is 27.0. The van der Waals surface area contributed by atoms with Crippen molar-refractivity contribution in [2.24, 2.45) is 0 Å². The Morgan fingerprint density at radius 1 is 1.39 bits per heavy atom. The highest BCUT2D eigenvalue weighted by Crippen LogP contribution is 2.27. The molecule has 1 fully saturated rings. The summed E-state index contributed by atoms with van der Waals surface area (Å²) in [4.78, 5) is 13.8. The van der Waals surface area contributed by atoms with Gasteiger partial charge in [0.15, 0.2) is 0 Å². The third-order valence-corrected chi connectivity index (χ3v) is 7.36. The molecule has 23 heavy (non-hydrogen) atoms. The van der Waals surface area contributed by atoms with Crippen LogP contribution in [0.2, 0.25) is 0 Å². The molecule has 0 aromatic carbocycles. The summed E-state index contributed by atoms with van der Waals surface area (Å²) in [6.07, 6.45) is 1.34. The van der Waals surface area contributed by atoms with Crippen molar-refractivity contribution >= 4 is 39.7 Å². The van der Waals surface area contributed by atoms with Crippen molar-refractivity contribution in [3.05, 3.63) is 17.0 Å². The maximum Gasteiger partial charge on any atom is 0.317 e. The molecule has 0 bridgehead atoms. The number of hydrogen-bond donors (Lipinski definition) is 1. The molecular formula is C14H23ClN2O4S2. The molecule has 0 spiro atoms. The minimum Gasteiger partial charge on any atom is -0.480 e. The number of rotatable bonds is 6. The smallest absolute Gasteiger partial charge is 0.317 e. The number of thiophene rings is 1. The van der Waals surface area contributed by atoms with Crippen LogP contribution in [0.3, 0.4) is 0 Å². The number of carbonyl (C=O) groups is 1. The second-order valence-corrected chi connectivity index (χ2v) is 8.91. The summed E-state index contributed by atoms with van der Waals surface area (Å²) in [7, 11) is -3.40. The Hall–Kier alpha value is -0.670. The van der Waals surface area contributed by atoms with Gasteiger partial charge in [0, 0.05) is 24.0 Å². The van der Waals surface area contributed by atoms with Crippen molar-refractivity contribution in [1.29, 1.82) is 0 Å². The molecule has 0 amide bonds. The van der Waals surface area contributed by atoms with Gasteiger partial charge in [-0.15, -0.1) is 23.7 Å². The van der Waals surface area contributed by atoms with E-state index in [1.165, 1.54) is 15.6 Å². The fraction of sp³-hybridized carbons (Fsp3) is 0.643. The summed E-state index contributed by atoms with van der Waals surface area (Å²) in [5, 5.41) is 8.93. The Labute approximate surface area is 147 Å². The molecule has 0 atom stereocenters. The number of piperidine rings is 1. The Morgan fingerprint density at radius 2 is 2.00 bits per heavy atom. The zero-order valence-electron chi connectivity index (χ0n) is 13.3. The molecule has 1 saturated heterocycles. The fourth-order valence-electron chi connectivity index (χ4n) is 2.80. The van der Waals surface area contributed by atoms with Crippen molar-refractivity contribution in [3.63, 3.8) is 0 Å². The first-order valence-corrected chi connectivity index (χ1v) is 9.62. The van der Waals surface area contributed by atoms with Gasteiger partial charge in [-0.2, -0.15) is 4.31 Å². The summed E-state index contributed by atoms with van der Waals surface area (Å²) >= 11 is 1.29. The van der Waals surface area contributed by atoms with Crippen LogP contribution in [0.1, 0.15) is 24.6 Å². The highest BCUT2D eigenvalue weighted by molar-refractivity contribution is 7.91. The minimum absolute atomic E-state index is 0. The molecule has 0 unspecified atom stereocenters.